The Bertz CT molecular complexity index is 316. The number of Topliss-reactive ketones (excluding diaryl/α,β-unsaturated/α-hetero) is 1. The van der Waals surface area contributed by atoms with Crippen LogP contribution in [0.1, 0.15) is 20.8 Å². The second kappa shape index (κ2) is 3.82. The van der Waals surface area contributed by atoms with Gasteiger partial charge in [-0.25, -0.2) is 0 Å². The van der Waals surface area contributed by atoms with Crippen molar-refractivity contribution >= 4 is 11.6 Å². The predicted octanol–water partition coefficient (Wildman–Crippen LogP) is 1.04. The maximum Gasteiger partial charge on any atom is 0.166 e. The highest BCUT2D eigenvalue weighted by Gasteiger charge is 2.33. The molecule has 0 saturated carbocycles. The van der Waals surface area contributed by atoms with Crippen LogP contribution in [0.4, 0.5) is 0 Å². The number of aliphatic hydroxyl groups excluding tert-OH is 1. The summed E-state index contributed by atoms with van der Waals surface area (Å²) in [6.07, 6.45) is 0. The number of nitrogens with zero attached hydrogens (tertiary/aromatic N) is 1. The number of rotatable bonds is 2. The van der Waals surface area contributed by atoms with Crippen LogP contribution < -0.4 is 5.32 Å². The molecule has 4 heteroatoms. The van der Waals surface area contributed by atoms with Crippen molar-refractivity contribution in [2.24, 2.45) is 10.9 Å². The van der Waals surface area contributed by atoms with Gasteiger partial charge in [0.05, 0.1) is 11.6 Å². The van der Waals surface area contributed by atoms with Crippen LogP contribution >= 0.6 is 0 Å². The second-order valence-corrected chi connectivity index (χ2v) is 3.75. The number of ketones is 1. The normalized spacial score (nSPS) is 24.6. The molecule has 1 unspecified atom stereocenters. The van der Waals surface area contributed by atoms with Gasteiger partial charge in [-0.1, -0.05) is 13.8 Å². The largest absolute Gasteiger partial charge is 0.509 e. The van der Waals surface area contributed by atoms with Crippen LogP contribution in [0.3, 0.4) is 0 Å². The van der Waals surface area contributed by atoms with Gasteiger partial charge in [-0.2, -0.15) is 0 Å². The monoisotopic (exact) mass is 196 g/mol. The highest BCUT2D eigenvalue weighted by molar-refractivity contribution is 6.22. The van der Waals surface area contributed by atoms with E-state index in [-0.39, 0.29) is 23.5 Å². The third kappa shape index (κ3) is 1.64. The SMILES string of the molecule is CN=C1NC(C(C)C)C(O)=C1C(C)=O. The third-order valence-corrected chi connectivity index (χ3v) is 2.32. The minimum absolute atomic E-state index is 0.119. The van der Waals surface area contributed by atoms with Crippen molar-refractivity contribution in [2.45, 2.75) is 26.8 Å². The van der Waals surface area contributed by atoms with Crippen LogP contribution in [0, 0.1) is 5.92 Å². The second-order valence-electron chi connectivity index (χ2n) is 3.75. The molecule has 0 bridgehead atoms. The maximum atomic E-state index is 11.3. The average Bonchev–Trinajstić information content (AvgIpc) is 2.42. The molecule has 0 spiro atoms. The van der Waals surface area contributed by atoms with E-state index in [1.54, 1.807) is 7.05 Å². The van der Waals surface area contributed by atoms with E-state index in [0.717, 1.165) is 0 Å². The van der Waals surface area contributed by atoms with E-state index in [1.165, 1.54) is 6.92 Å². The molecule has 2 N–H and O–H groups in total. The van der Waals surface area contributed by atoms with E-state index in [9.17, 15) is 9.90 Å². The van der Waals surface area contributed by atoms with Crippen molar-refractivity contribution in [2.75, 3.05) is 7.05 Å². The van der Waals surface area contributed by atoms with Crippen LogP contribution in [0.2, 0.25) is 0 Å². The zero-order valence-corrected chi connectivity index (χ0v) is 8.96. The Kier molecular flexibility index (Phi) is 2.93. The summed E-state index contributed by atoms with van der Waals surface area (Å²) < 4.78 is 0. The van der Waals surface area contributed by atoms with Gasteiger partial charge >= 0.3 is 0 Å². The van der Waals surface area contributed by atoms with Gasteiger partial charge in [0.1, 0.15) is 11.6 Å². The van der Waals surface area contributed by atoms with Gasteiger partial charge in [-0.15, -0.1) is 0 Å². The lowest BCUT2D eigenvalue weighted by Crippen LogP contribution is -2.33. The summed E-state index contributed by atoms with van der Waals surface area (Å²) in [5.74, 6) is 0.684. The zero-order valence-electron chi connectivity index (χ0n) is 8.96. The first-order chi connectivity index (χ1) is 6.49. The Morgan fingerprint density at radius 1 is 1.57 bits per heavy atom. The summed E-state index contributed by atoms with van der Waals surface area (Å²) in [6, 6.07) is -0.187. The summed E-state index contributed by atoms with van der Waals surface area (Å²) in [6.45, 7) is 5.38. The van der Waals surface area contributed by atoms with Crippen molar-refractivity contribution in [3.05, 3.63) is 11.3 Å². The molecule has 0 fully saturated rings. The molecular weight excluding hydrogens is 180 g/mol. The highest BCUT2D eigenvalue weighted by Crippen LogP contribution is 2.21. The van der Waals surface area contributed by atoms with E-state index in [4.69, 9.17) is 0 Å². The lowest BCUT2D eigenvalue weighted by Gasteiger charge is -2.15. The standard InChI is InChI=1S/C10H16N2O2/c1-5(2)8-9(14)7(6(3)13)10(11-4)12-8/h5,8,14H,1-4H3,(H,11,12). The molecule has 14 heavy (non-hydrogen) atoms. The molecule has 0 aliphatic carbocycles. The molecule has 4 nitrogen and oxygen atoms in total. The Balaban J connectivity index is 3.12. The third-order valence-electron chi connectivity index (χ3n) is 2.32. The number of carbonyl (C=O) groups excluding carboxylic acids is 1. The number of aliphatic hydroxyl groups is 1. The lowest BCUT2D eigenvalue weighted by molar-refractivity contribution is -0.113. The number of amidine groups is 1. The number of nitrogens with one attached hydrogen (secondary N) is 1. The van der Waals surface area contributed by atoms with Crippen LogP contribution in [0.5, 0.6) is 0 Å². The Hall–Kier alpha value is -1.32. The first kappa shape index (κ1) is 10.8. The summed E-state index contributed by atoms with van der Waals surface area (Å²) in [5, 5.41) is 12.8. The van der Waals surface area contributed by atoms with Crippen molar-refractivity contribution < 1.29 is 9.90 Å². The number of carbonyl (C=O) groups is 1. The highest BCUT2D eigenvalue weighted by atomic mass is 16.3. The number of aliphatic imine (C=N–C) groups is 1. The number of hydrogen-bond acceptors (Lipinski definition) is 3. The maximum absolute atomic E-state index is 11.3. The van der Waals surface area contributed by atoms with Crippen LogP contribution in [-0.4, -0.2) is 29.8 Å². The van der Waals surface area contributed by atoms with E-state index in [2.05, 4.69) is 10.3 Å². The molecule has 0 aromatic heterocycles. The van der Waals surface area contributed by atoms with E-state index in [0.29, 0.717) is 11.4 Å². The van der Waals surface area contributed by atoms with Gasteiger partial charge in [0.25, 0.3) is 0 Å². The van der Waals surface area contributed by atoms with Gasteiger partial charge in [0.15, 0.2) is 5.78 Å². The smallest absolute Gasteiger partial charge is 0.166 e. The van der Waals surface area contributed by atoms with Crippen molar-refractivity contribution in [1.82, 2.24) is 5.32 Å². The van der Waals surface area contributed by atoms with Crippen LogP contribution in [-0.2, 0) is 4.79 Å². The zero-order chi connectivity index (χ0) is 10.9. The van der Waals surface area contributed by atoms with E-state index in [1.807, 2.05) is 13.8 Å². The van der Waals surface area contributed by atoms with E-state index < -0.39 is 0 Å². The molecule has 0 aromatic rings. The summed E-state index contributed by atoms with van der Waals surface area (Å²) in [5.41, 5.74) is 0.325. The van der Waals surface area contributed by atoms with Crippen LogP contribution in [0.25, 0.3) is 0 Å². The Morgan fingerprint density at radius 2 is 2.14 bits per heavy atom. The molecule has 1 rings (SSSR count). The molecule has 0 saturated heterocycles. The lowest BCUT2D eigenvalue weighted by atomic mass is 10.0. The van der Waals surface area contributed by atoms with Gasteiger partial charge < -0.3 is 10.4 Å². The fourth-order valence-electron chi connectivity index (χ4n) is 1.57. The molecule has 1 aliphatic rings. The van der Waals surface area contributed by atoms with Gasteiger partial charge in [-0.05, 0) is 12.8 Å². The molecule has 1 aliphatic heterocycles. The van der Waals surface area contributed by atoms with Crippen molar-refractivity contribution in [3.8, 4) is 0 Å². The summed E-state index contributed by atoms with van der Waals surface area (Å²) in [4.78, 5) is 15.2. The molecule has 1 heterocycles. The Morgan fingerprint density at radius 3 is 2.43 bits per heavy atom. The molecule has 0 amide bonds. The molecule has 1 atom stereocenters. The topological polar surface area (TPSA) is 61.7 Å². The minimum Gasteiger partial charge on any atom is -0.509 e. The van der Waals surface area contributed by atoms with Crippen molar-refractivity contribution in [1.29, 1.82) is 0 Å². The molecule has 0 radical (unpaired) electrons. The first-order valence-corrected chi connectivity index (χ1v) is 4.66. The quantitative estimate of drug-likeness (QED) is 0.693. The Labute approximate surface area is 83.7 Å². The van der Waals surface area contributed by atoms with Gasteiger partial charge in [0, 0.05) is 7.05 Å². The van der Waals surface area contributed by atoms with Gasteiger partial charge in [0.2, 0.25) is 0 Å². The van der Waals surface area contributed by atoms with Crippen molar-refractivity contribution in [3.63, 3.8) is 0 Å². The first-order valence-electron chi connectivity index (χ1n) is 4.66. The molecular formula is C10H16N2O2. The minimum atomic E-state index is -0.187. The molecule has 78 valence electrons. The molecule has 0 aromatic carbocycles. The predicted molar refractivity (Wildman–Crippen MR) is 55.5 cm³/mol. The number of hydrogen-bond donors (Lipinski definition) is 2. The summed E-state index contributed by atoms with van der Waals surface area (Å²) in [7, 11) is 1.60. The van der Waals surface area contributed by atoms with Crippen LogP contribution in [0.15, 0.2) is 16.3 Å². The summed E-state index contributed by atoms with van der Waals surface area (Å²) >= 11 is 0. The average molecular weight is 196 g/mol. The fourth-order valence-corrected chi connectivity index (χ4v) is 1.57. The fraction of sp³-hybridized carbons (Fsp3) is 0.600. The van der Waals surface area contributed by atoms with E-state index >= 15 is 0 Å². The van der Waals surface area contributed by atoms with Gasteiger partial charge in [-0.3, -0.25) is 9.79 Å².